The average Bonchev–Trinajstić information content (AvgIpc) is 3.01. The highest BCUT2D eigenvalue weighted by Crippen LogP contribution is 2.40. The number of nitrogens with two attached hydrogens (primary N) is 1. The SMILES string of the molecule is C=C[C@]1(COC(=O)C(C)C)O[C@@H](n2cc(F)c(N)nc2=O)C[C@@H]1OC(=O)C(C)C. The van der Waals surface area contributed by atoms with Gasteiger partial charge in [-0.1, -0.05) is 40.3 Å². The van der Waals surface area contributed by atoms with Crippen molar-refractivity contribution in [1.29, 1.82) is 0 Å². The van der Waals surface area contributed by atoms with Crippen molar-refractivity contribution >= 4 is 17.8 Å². The molecule has 0 amide bonds. The minimum absolute atomic E-state index is 0.00530. The van der Waals surface area contributed by atoms with Gasteiger partial charge in [-0.3, -0.25) is 14.2 Å². The molecule has 9 nitrogen and oxygen atoms in total. The third-order valence-corrected chi connectivity index (χ3v) is 4.55. The van der Waals surface area contributed by atoms with Crippen LogP contribution >= 0.6 is 0 Å². The van der Waals surface area contributed by atoms with Gasteiger partial charge in [0.25, 0.3) is 0 Å². The van der Waals surface area contributed by atoms with Crippen LogP contribution in [0, 0.1) is 17.7 Å². The molecule has 1 aliphatic rings. The van der Waals surface area contributed by atoms with Gasteiger partial charge in [-0.05, 0) is 0 Å². The van der Waals surface area contributed by atoms with Crippen molar-refractivity contribution < 1.29 is 28.2 Å². The number of nitrogens with zero attached hydrogens (tertiary/aromatic N) is 2. The molecule has 2 rings (SSSR count). The number of carbonyl (C=O) groups excluding carboxylic acids is 2. The summed E-state index contributed by atoms with van der Waals surface area (Å²) in [6.45, 7) is 10.1. The molecule has 1 aliphatic heterocycles. The fraction of sp³-hybridized carbons (Fsp3) is 0.579. The second-order valence-electron chi connectivity index (χ2n) is 7.47. The fourth-order valence-corrected chi connectivity index (χ4v) is 2.73. The molecule has 3 atom stereocenters. The summed E-state index contributed by atoms with van der Waals surface area (Å²) in [6.07, 6.45) is 0.258. The van der Waals surface area contributed by atoms with E-state index < -0.39 is 53.1 Å². The first-order valence-corrected chi connectivity index (χ1v) is 9.23. The molecule has 0 bridgehead atoms. The molecule has 1 aromatic heterocycles. The van der Waals surface area contributed by atoms with Gasteiger partial charge in [0, 0.05) is 6.42 Å². The molecule has 0 aromatic carbocycles. The first-order chi connectivity index (χ1) is 13.5. The Morgan fingerprint density at radius 2 is 2.03 bits per heavy atom. The van der Waals surface area contributed by atoms with Gasteiger partial charge in [-0.2, -0.15) is 4.98 Å². The Kier molecular flexibility index (Phi) is 6.78. The summed E-state index contributed by atoms with van der Waals surface area (Å²) >= 11 is 0. The van der Waals surface area contributed by atoms with Crippen LogP contribution in [0.2, 0.25) is 0 Å². The zero-order chi connectivity index (χ0) is 21.9. The standard InChI is InChI=1S/C19H26FN3O6/c1-6-19(9-27-16(24)10(2)3)13(28-17(25)11(4)5)7-14(29-19)23-8-12(20)15(21)22-18(23)26/h6,8,10-11,13-14H,1,7,9H2,2-5H3,(H2,21,22,26)/t13-,14+,19+/m0/s1. The van der Waals surface area contributed by atoms with E-state index in [0.717, 1.165) is 10.8 Å². The van der Waals surface area contributed by atoms with Gasteiger partial charge in [-0.25, -0.2) is 9.18 Å². The Balaban J connectivity index is 2.38. The van der Waals surface area contributed by atoms with E-state index in [0.29, 0.717) is 0 Å². The smallest absolute Gasteiger partial charge is 0.351 e. The molecule has 0 spiro atoms. The number of aromatic nitrogens is 2. The molecule has 10 heteroatoms. The van der Waals surface area contributed by atoms with Crippen molar-refractivity contribution in [3.05, 3.63) is 35.2 Å². The third kappa shape index (κ3) is 4.81. The van der Waals surface area contributed by atoms with Crippen molar-refractivity contribution in [1.82, 2.24) is 9.55 Å². The van der Waals surface area contributed by atoms with Crippen molar-refractivity contribution in [2.75, 3.05) is 12.3 Å². The number of rotatable bonds is 7. The van der Waals surface area contributed by atoms with E-state index in [1.165, 1.54) is 6.08 Å². The van der Waals surface area contributed by atoms with Crippen molar-refractivity contribution in [3.8, 4) is 0 Å². The second-order valence-corrected chi connectivity index (χ2v) is 7.47. The minimum atomic E-state index is -1.42. The maximum Gasteiger partial charge on any atom is 0.351 e. The molecule has 1 aromatic rings. The van der Waals surface area contributed by atoms with Gasteiger partial charge in [0.15, 0.2) is 17.2 Å². The highest BCUT2D eigenvalue weighted by molar-refractivity contribution is 5.72. The summed E-state index contributed by atoms with van der Waals surface area (Å²) in [6, 6.07) is 0. The molecular weight excluding hydrogens is 385 g/mol. The molecule has 0 aliphatic carbocycles. The van der Waals surface area contributed by atoms with E-state index in [9.17, 15) is 18.8 Å². The summed E-state index contributed by atoms with van der Waals surface area (Å²) in [5.41, 5.74) is 3.07. The lowest BCUT2D eigenvalue weighted by molar-refractivity contribution is -0.172. The predicted octanol–water partition coefficient (Wildman–Crippen LogP) is 1.58. The Labute approximate surface area is 167 Å². The fourth-order valence-electron chi connectivity index (χ4n) is 2.73. The topological polar surface area (TPSA) is 123 Å². The van der Waals surface area contributed by atoms with Gasteiger partial charge in [0.05, 0.1) is 18.0 Å². The Bertz CT molecular complexity index is 853. The number of anilines is 1. The number of hydrogen-bond donors (Lipinski definition) is 1. The van der Waals surface area contributed by atoms with E-state index in [1.54, 1.807) is 27.7 Å². The quantitative estimate of drug-likeness (QED) is 0.530. The van der Waals surface area contributed by atoms with Gasteiger partial charge < -0.3 is 19.9 Å². The van der Waals surface area contributed by atoms with Crippen LogP contribution in [-0.4, -0.2) is 39.8 Å². The molecule has 160 valence electrons. The minimum Gasteiger partial charge on any atom is -0.462 e. The number of carbonyl (C=O) groups is 2. The Morgan fingerprint density at radius 3 is 2.59 bits per heavy atom. The predicted molar refractivity (Wildman–Crippen MR) is 101 cm³/mol. The largest absolute Gasteiger partial charge is 0.462 e. The normalized spacial score (nSPS) is 24.0. The zero-order valence-corrected chi connectivity index (χ0v) is 16.9. The van der Waals surface area contributed by atoms with E-state index in [-0.39, 0.29) is 18.9 Å². The molecule has 2 heterocycles. The second kappa shape index (κ2) is 8.73. The maximum absolute atomic E-state index is 13.9. The summed E-state index contributed by atoms with van der Waals surface area (Å²) in [7, 11) is 0. The zero-order valence-electron chi connectivity index (χ0n) is 16.9. The van der Waals surface area contributed by atoms with Gasteiger partial charge in [0.1, 0.15) is 18.9 Å². The van der Waals surface area contributed by atoms with Crippen LogP contribution in [0.3, 0.4) is 0 Å². The molecule has 0 saturated carbocycles. The lowest BCUT2D eigenvalue weighted by Crippen LogP contribution is -2.45. The number of nitrogen functional groups attached to an aromatic ring is 1. The third-order valence-electron chi connectivity index (χ3n) is 4.55. The van der Waals surface area contributed by atoms with Crippen LogP contribution in [0.25, 0.3) is 0 Å². The van der Waals surface area contributed by atoms with Crippen LogP contribution in [0.5, 0.6) is 0 Å². The van der Waals surface area contributed by atoms with Crippen LogP contribution in [0.1, 0.15) is 40.3 Å². The first kappa shape index (κ1) is 22.5. The number of hydrogen-bond acceptors (Lipinski definition) is 8. The van der Waals surface area contributed by atoms with Gasteiger partial charge in [-0.15, -0.1) is 0 Å². The van der Waals surface area contributed by atoms with E-state index >= 15 is 0 Å². The average molecular weight is 411 g/mol. The van der Waals surface area contributed by atoms with E-state index in [4.69, 9.17) is 19.9 Å². The van der Waals surface area contributed by atoms with Crippen molar-refractivity contribution in [3.63, 3.8) is 0 Å². The van der Waals surface area contributed by atoms with Crippen LogP contribution in [-0.2, 0) is 23.8 Å². The van der Waals surface area contributed by atoms with Gasteiger partial charge >= 0.3 is 17.6 Å². The molecule has 1 fully saturated rings. The summed E-state index contributed by atoms with van der Waals surface area (Å²) in [4.78, 5) is 39.7. The van der Waals surface area contributed by atoms with Crippen LogP contribution < -0.4 is 11.4 Å². The molecule has 0 unspecified atom stereocenters. The van der Waals surface area contributed by atoms with E-state index in [2.05, 4.69) is 11.6 Å². The lowest BCUT2D eigenvalue weighted by atomic mass is 9.97. The lowest BCUT2D eigenvalue weighted by Gasteiger charge is -2.31. The van der Waals surface area contributed by atoms with Crippen molar-refractivity contribution in [2.24, 2.45) is 11.8 Å². The number of ether oxygens (including phenoxy) is 3. The highest BCUT2D eigenvalue weighted by Gasteiger charge is 2.51. The van der Waals surface area contributed by atoms with Crippen LogP contribution in [0.15, 0.2) is 23.6 Å². The van der Waals surface area contributed by atoms with E-state index in [1.807, 2.05) is 0 Å². The van der Waals surface area contributed by atoms with Gasteiger partial charge in [0.2, 0.25) is 0 Å². The monoisotopic (exact) mass is 411 g/mol. The van der Waals surface area contributed by atoms with Crippen molar-refractivity contribution in [2.45, 2.75) is 52.0 Å². The molecule has 29 heavy (non-hydrogen) atoms. The van der Waals surface area contributed by atoms with Crippen LogP contribution in [0.4, 0.5) is 10.2 Å². The molecule has 0 radical (unpaired) electrons. The number of halogens is 1. The molecule has 2 N–H and O–H groups in total. The highest BCUT2D eigenvalue weighted by atomic mass is 19.1. The summed E-state index contributed by atoms with van der Waals surface area (Å²) < 4.78 is 31.5. The maximum atomic E-state index is 13.9. The summed E-state index contributed by atoms with van der Waals surface area (Å²) in [5.74, 6) is -3.23. The molecule has 1 saturated heterocycles. The number of esters is 2. The Morgan fingerprint density at radius 1 is 1.41 bits per heavy atom. The first-order valence-electron chi connectivity index (χ1n) is 9.23. The Hall–Kier alpha value is -2.75. The molecular formula is C19H26FN3O6. The summed E-state index contributed by atoms with van der Waals surface area (Å²) in [5, 5.41) is 0.